The molecule has 1 aromatic heterocycles. The highest BCUT2D eigenvalue weighted by atomic mass is 32.1. The zero-order valence-electron chi connectivity index (χ0n) is 13.9. The van der Waals surface area contributed by atoms with Gasteiger partial charge in [-0.25, -0.2) is 4.98 Å². The van der Waals surface area contributed by atoms with E-state index in [1.165, 1.54) is 16.7 Å². The summed E-state index contributed by atoms with van der Waals surface area (Å²) in [5, 5.41) is 6.03. The average Bonchev–Trinajstić information content (AvgIpc) is 3.13. The van der Waals surface area contributed by atoms with Gasteiger partial charge in [0.2, 0.25) is 5.91 Å². The number of thiazole rings is 1. The van der Waals surface area contributed by atoms with E-state index in [1.807, 2.05) is 19.1 Å². The first-order valence-electron chi connectivity index (χ1n) is 8.01. The number of nitrogens with one attached hydrogen (secondary N) is 1. The third-order valence-electron chi connectivity index (χ3n) is 4.58. The number of aryl methyl sites for hydroxylation is 2. The van der Waals surface area contributed by atoms with Crippen LogP contribution >= 0.6 is 11.3 Å². The Balaban J connectivity index is 1.72. The van der Waals surface area contributed by atoms with Crippen LogP contribution in [0.3, 0.4) is 0 Å². The van der Waals surface area contributed by atoms with Gasteiger partial charge in [-0.3, -0.25) is 4.79 Å². The molecule has 0 radical (unpaired) electrons. The van der Waals surface area contributed by atoms with E-state index in [4.69, 9.17) is 4.98 Å². The lowest BCUT2D eigenvalue weighted by molar-refractivity contribution is -0.116. The Labute approximate surface area is 145 Å². The normalized spacial score (nSPS) is 16.1. The third kappa shape index (κ3) is 2.43. The second-order valence-electron chi connectivity index (χ2n) is 6.37. The van der Waals surface area contributed by atoms with Crippen LogP contribution in [0.2, 0.25) is 0 Å². The number of anilines is 1. The zero-order chi connectivity index (χ0) is 16.8. The Morgan fingerprint density at radius 2 is 1.96 bits per heavy atom. The fraction of sp³-hybridized carbons (Fsp3) is 0.200. The average molecular weight is 334 g/mol. The molecule has 120 valence electrons. The lowest BCUT2D eigenvalue weighted by atomic mass is 9.99. The molecule has 0 saturated carbocycles. The Morgan fingerprint density at radius 3 is 2.75 bits per heavy atom. The number of hydrogen-bond donors (Lipinski definition) is 1. The van der Waals surface area contributed by atoms with Crippen LogP contribution in [0.25, 0.3) is 21.8 Å². The van der Waals surface area contributed by atoms with Crippen molar-refractivity contribution in [3.8, 4) is 21.8 Å². The molecule has 0 bridgehead atoms. The van der Waals surface area contributed by atoms with Crippen LogP contribution in [-0.4, -0.2) is 10.9 Å². The van der Waals surface area contributed by atoms with E-state index >= 15 is 0 Å². The Bertz CT molecular complexity index is 958. The number of carbonyl (C=O) groups is 1. The number of hydrogen-bond acceptors (Lipinski definition) is 3. The summed E-state index contributed by atoms with van der Waals surface area (Å²) in [5.41, 5.74) is 7.68. The molecule has 1 amide bonds. The minimum Gasteiger partial charge on any atom is -0.325 e. The van der Waals surface area contributed by atoms with Crippen LogP contribution in [0.1, 0.15) is 29.5 Å². The first-order chi connectivity index (χ1) is 11.5. The Kier molecular flexibility index (Phi) is 3.50. The summed E-state index contributed by atoms with van der Waals surface area (Å²) in [4.78, 5) is 16.6. The standard InChI is InChI=1S/C20H18N2OS/c1-11-4-6-15(12(2)8-11)20-22-18(10-24-20)14-5-7-17-16(9-14)13(3)19(23)21-17/h4-10,13H,1-3H3,(H,21,23)/t13-/m1/s1. The van der Waals surface area contributed by atoms with Crippen molar-refractivity contribution in [1.29, 1.82) is 0 Å². The summed E-state index contributed by atoms with van der Waals surface area (Å²) in [7, 11) is 0. The van der Waals surface area contributed by atoms with E-state index in [9.17, 15) is 4.79 Å². The molecule has 0 fully saturated rings. The molecule has 3 aromatic rings. The Hall–Kier alpha value is -2.46. The van der Waals surface area contributed by atoms with Crippen LogP contribution in [0.4, 0.5) is 5.69 Å². The minimum absolute atomic E-state index is 0.0661. The summed E-state index contributed by atoms with van der Waals surface area (Å²) in [6.07, 6.45) is 0. The van der Waals surface area contributed by atoms with Crippen LogP contribution in [0.15, 0.2) is 41.8 Å². The van der Waals surface area contributed by atoms with Crippen molar-refractivity contribution in [2.75, 3.05) is 5.32 Å². The van der Waals surface area contributed by atoms with Crippen molar-refractivity contribution in [3.05, 3.63) is 58.5 Å². The quantitative estimate of drug-likeness (QED) is 0.704. The van der Waals surface area contributed by atoms with Gasteiger partial charge in [0, 0.05) is 22.2 Å². The van der Waals surface area contributed by atoms with Crippen molar-refractivity contribution in [3.63, 3.8) is 0 Å². The molecule has 1 aliphatic heterocycles. The van der Waals surface area contributed by atoms with E-state index in [-0.39, 0.29) is 11.8 Å². The number of aromatic nitrogens is 1. The fourth-order valence-corrected chi connectivity index (χ4v) is 4.08. The predicted molar refractivity (Wildman–Crippen MR) is 99.5 cm³/mol. The SMILES string of the molecule is Cc1ccc(-c2nc(-c3ccc4c(c3)[C@@H](C)C(=O)N4)cs2)c(C)c1. The summed E-state index contributed by atoms with van der Waals surface area (Å²) >= 11 is 1.66. The van der Waals surface area contributed by atoms with Gasteiger partial charge in [0.15, 0.2) is 0 Å². The molecule has 1 N–H and O–H groups in total. The predicted octanol–water partition coefficient (Wildman–Crippen LogP) is 5.15. The maximum atomic E-state index is 11.8. The van der Waals surface area contributed by atoms with Gasteiger partial charge in [-0.05, 0) is 44.0 Å². The highest BCUT2D eigenvalue weighted by molar-refractivity contribution is 7.13. The molecule has 2 aromatic carbocycles. The number of fused-ring (bicyclic) bond motifs is 1. The molecule has 4 rings (SSSR count). The number of carbonyl (C=O) groups excluding carboxylic acids is 1. The molecule has 24 heavy (non-hydrogen) atoms. The topological polar surface area (TPSA) is 42.0 Å². The van der Waals surface area contributed by atoms with Crippen LogP contribution in [-0.2, 0) is 4.79 Å². The lowest BCUT2D eigenvalue weighted by Gasteiger charge is -2.05. The van der Waals surface area contributed by atoms with Gasteiger partial charge in [0.25, 0.3) is 0 Å². The molecule has 3 nitrogen and oxygen atoms in total. The molecular weight excluding hydrogens is 316 g/mol. The van der Waals surface area contributed by atoms with Gasteiger partial charge in [0.1, 0.15) is 5.01 Å². The highest BCUT2D eigenvalue weighted by Crippen LogP contribution is 2.37. The smallest absolute Gasteiger partial charge is 0.231 e. The molecule has 2 heterocycles. The Morgan fingerprint density at radius 1 is 1.12 bits per heavy atom. The second kappa shape index (κ2) is 5.56. The maximum Gasteiger partial charge on any atom is 0.231 e. The molecule has 0 unspecified atom stereocenters. The third-order valence-corrected chi connectivity index (χ3v) is 5.46. The van der Waals surface area contributed by atoms with Gasteiger partial charge in [-0.15, -0.1) is 11.3 Å². The van der Waals surface area contributed by atoms with Crippen molar-refractivity contribution in [2.45, 2.75) is 26.7 Å². The fourth-order valence-electron chi connectivity index (χ4n) is 3.16. The zero-order valence-corrected chi connectivity index (χ0v) is 14.7. The van der Waals surface area contributed by atoms with Gasteiger partial charge in [0.05, 0.1) is 11.6 Å². The molecule has 4 heteroatoms. The molecule has 0 saturated heterocycles. The van der Waals surface area contributed by atoms with E-state index in [2.05, 4.69) is 48.8 Å². The summed E-state index contributed by atoms with van der Waals surface area (Å²) in [6, 6.07) is 12.5. The van der Waals surface area contributed by atoms with Gasteiger partial charge < -0.3 is 5.32 Å². The largest absolute Gasteiger partial charge is 0.325 e. The lowest BCUT2D eigenvalue weighted by Crippen LogP contribution is -2.08. The van der Waals surface area contributed by atoms with Crippen LogP contribution < -0.4 is 5.32 Å². The van der Waals surface area contributed by atoms with E-state index in [0.717, 1.165) is 27.5 Å². The van der Waals surface area contributed by atoms with Gasteiger partial charge in [-0.1, -0.05) is 29.8 Å². The van der Waals surface area contributed by atoms with Crippen molar-refractivity contribution in [1.82, 2.24) is 4.98 Å². The number of benzene rings is 2. The molecule has 0 spiro atoms. The number of nitrogens with zero attached hydrogens (tertiary/aromatic N) is 1. The van der Waals surface area contributed by atoms with Gasteiger partial charge in [-0.2, -0.15) is 0 Å². The molecular formula is C20H18N2OS. The molecule has 0 aliphatic carbocycles. The molecule has 1 atom stereocenters. The van der Waals surface area contributed by atoms with E-state index < -0.39 is 0 Å². The first-order valence-corrected chi connectivity index (χ1v) is 8.89. The van der Waals surface area contributed by atoms with Gasteiger partial charge >= 0.3 is 0 Å². The second-order valence-corrected chi connectivity index (χ2v) is 7.23. The number of amides is 1. The van der Waals surface area contributed by atoms with Crippen molar-refractivity contribution in [2.24, 2.45) is 0 Å². The monoisotopic (exact) mass is 334 g/mol. The van der Waals surface area contributed by atoms with E-state index in [1.54, 1.807) is 11.3 Å². The maximum absolute atomic E-state index is 11.8. The highest BCUT2D eigenvalue weighted by Gasteiger charge is 2.26. The minimum atomic E-state index is -0.0996. The van der Waals surface area contributed by atoms with Crippen molar-refractivity contribution < 1.29 is 4.79 Å². The van der Waals surface area contributed by atoms with Crippen LogP contribution in [0, 0.1) is 13.8 Å². The van der Waals surface area contributed by atoms with Crippen molar-refractivity contribution >= 4 is 22.9 Å². The van der Waals surface area contributed by atoms with Crippen LogP contribution in [0.5, 0.6) is 0 Å². The summed E-state index contributed by atoms with van der Waals surface area (Å²) in [5.74, 6) is -0.0335. The molecule has 1 aliphatic rings. The van der Waals surface area contributed by atoms with E-state index in [0.29, 0.717) is 0 Å². The number of rotatable bonds is 2. The summed E-state index contributed by atoms with van der Waals surface area (Å²) < 4.78 is 0. The summed E-state index contributed by atoms with van der Waals surface area (Å²) in [6.45, 7) is 6.16. The first kappa shape index (κ1) is 15.1.